The van der Waals surface area contributed by atoms with Crippen LogP contribution < -0.4 is 10.6 Å². The van der Waals surface area contributed by atoms with Crippen molar-refractivity contribution in [1.82, 2.24) is 5.32 Å². The van der Waals surface area contributed by atoms with Crippen molar-refractivity contribution in [2.24, 2.45) is 0 Å². The third-order valence-corrected chi connectivity index (χ3v) is 3.60. The molecule has 1 aliphatic rings. The maximum absolute atomic E-state index is 10.5. The fourth-order valence-electron chi connectivity index (χ4n) is 2.86. The molecule has 19 heavy (non-hydrogen) atoms. The van der Waals surface area contributed by atoms with Crippen LogP contribution in [-0.4, -0.2) is 28.8 Å². The van der Waals surface area contributed by atoms with Gasteiger partial charge in [0.15, 0.2) is 0 Å². The van der Waals surface area contributed by atoms with Crippen molar-refractivity contribution in [3.05, 3.63) is 23.3 Å². The van der Waals surface area contributed by atoms with Gasteiger partial charge >= 0.3 is 0 Å². The summed E-state index contributed by atoms with van der Waals surface area (Å²) in [7, 11) is 1.79. The highest BCUT2D eigenvalue weighted by Crippen LogP contribution is 2.39. The van der Waals surface area contributed by atoms with Crippen LogP contribution in [-0.2, 0) is 6.42 Å². The van der Waals surface area contributed by atoms with Crippen molar-refractivity contribution in [3.8, 4) is 5.75 Å². The zero-order valence-corrected chi connectivity index (χ0v) is 12.1. The van der Waals surface area contributed by atoms with E-state index in [1.165, 1.54) is 0 Å². The second kappa shape index (κ2) is 5.02. The molecule has 1 aromatic carbocycles. The summed E-state index contributed by atoms with van der Waals surface area (Å²) in [5.74, 6) is 0.246. The number of benzene rings is 1. The second-order valence-corrected chi connectivity index (χ2v) is 6.26. The van der Waals surface area contributed by atoms with Crippen molar-refractivity contribution in [2.75, 3.05) is 12.4 Å². The van der Waals surface area contributed by atoms with Gasteiger partial charge in [-0.3, -0.25) is 0 Å². The summed E-state index contributed by atoms with van der Waals surface area (Å²) in [6.45, 7) is 6.31. The average Bonchev–Trinajstić information content (AvgIpc) is 2.31. The Morgan fingerprint density at radius 2 is 1.95 bits per heavy atom. The zero-order valence-electron chi connectivity index (χ0n) is 12.1. The minimum Gasteiger partial charge on any atom is -0.506 e. The van der Waals surface area contributed by atoms with Gasteiger partial charge in [-0.05, 0) is 50.8 Å². The van der Waals surface area contributed by atoms with Gasteiger partial charge < -0.3 is 20.8 Å². The number of aliphatic hydroxyl groups is 1. The first-order valence-electron chi connectivity index (χ1n) is 6.81. The number of aromatic hydroxyl groups is 1. The van der Waals surface area contributed by atoms with Gasteiger partial charge in [-0.2, -0.15) is 0 Å². The van der Waals surface area contributed by atoms with E-state index in [0.717, 1.165) is 29.7 Å². The zero-order chi connectivity index (χ0) is 14.2. The molecule has 0 bridgehead atoms. The number of phenolic OH excluding ortho intramolecular Hbond substituents is 1. The molecule has 2 atom stereocenters. The van der Waals surface area contributed by atoms with Crippen molar-refractivity contribution in [2.45, 2.75) is 51.3 Å². The minimum atomic E-state index is -0.532. The van der Waals surface area contributed by atoms with Crippen LogP contribution in [0, 0.1) is 0 Å². The lowest BCUT2D eigenvalue weighted by Crippen LogP contribution is -2.48. The van der Waals surface area contributed by atoms with Gasteiger partial charge in [0.05, 0.1) is 11.8 Å². The van der Waals surface area contributed by atoms with E-state index < -0.39 is 6.10 Å². The first-order valence-corrected chi connectivity index (χ1v) is 6.81. The Kier molecular flexibility index (Phi) is 3.74. The van der Waals surface area contributed by atoms with Crippen molar-refractivity contribution >= 4 is 5.69 Å². The first-order chi connectivity index (χ1) is 8.83. The number of fused-ring (bicyclic) bond motifs is 1. The quantitative estimate of drug-likeness (QED) is 0.618. The molecule has 2 rings (SSSR count). The van der Waals surface area contributed by atoms with Crippen LogP contribution in [0.1, 0.15) is 44.4 Å². The molecule has 0 aliphatic heterocycles. The fourth-order valence-corrected chi connectivity index (χ4v) is 2.86. The number of hydrogen-bond donors (Lipinski definition) is 4. The molecular weight excluding hydrogens is 240 g/mol. The molecule has 0 unspecified atom stereocenters. The third kappa shape index (κ3) is 2.85. The third-order valence-electron chi connectivity index (χ3n) is 3.60. The first kappa shape index (κ1) is 14.2. The van der Waals surface area contributed by atoms with Gasteiger partial charge in [-0.1, -0.05) is 6.07 Å². The van der Waals surface area contributed by atoms with E-state index in [1.54, 1.807) is 13.1 Å². The molecule has 1 aromatic rings. The van der Waals surface area contributed by atoms with E-state index in [1.807, 2.05) is 6.07 Å². The summed E-state index contributed by atoms with van der Waals surface area (Å²) < 4.78 is 0. The Morgan fingerprint density at radius 3 is 2.53 bits per heavy atom. The largest absolute Gasteiger partial charge is 0.506 e. The van der Waals surface area contributed by atoms with Crippen LogP contribution in [0.2, 0.25) is 0 Å². The Bertz CT molecular complexity index is 466. The Hall–Kier alpha value is -1.26. The van der Waals surface area contributed by atoms with Gasteiger partial charge in [-0.25, -0.2) is 0 Å². The van der Waals surface area contributed by atoms with E-state index >= 15 is 0 Å². The van der Waals surface area contributed by atoms with E-state index in [2.05, 4.69) is 31.4 Å². The highest BCUT2D eigenvalue weighted by molar-refractivity contribution is 5.64. The van der Waals surface area contributed by atoms with Gasteiger partial charge in [0.1, 0.15) is 5.75 Å². The standard InChI is InChI=1S/C15H24N2O2/c1-15(2,3)17-11-7-5-9-10(14(11)19)6-8-12(18)13(9)16-4/h6,8,11,14,16-19H,5,7H2,1-4H3/t11-,14-/m0/s1. The normalized spacial score (nSPS) is 23.0. The number of anilines is 1. The molecular formula is C15H24N2O2. The fraction of sp³-hybridized carbons (Fsp3) is 0.600. The van der Waals surface area contributed by atoms with Crippen molar-refractivity contribution < 1.29 is 10.2 Å². The Balaban J connectivity index is 2.32. The van der Waals surface area contributed by atoms with E-state index in [4.69, 9.17) is 0 Å². The van der Waals surface area contributed by atoms with Gasteiger partial charge in [0.25, 0.3) is 0 Å². The van der Waals surface area contributed by atoms with Crippen LogP contribution in [0.5, 0.6) is 5.75 Å². The predicted octanol–water partition coefficient (Wildman–Crippen LogP) is 2.17. The Labute approximate surface area is 114 Å². The number of aliphatic hydroxyl groups excluding tert-OH is 1. The second-order valence-electron chi connectivity index (χ2n) is 6.26. The average molecular weight is 264 g/mol. The number of nitrogens with one attached hydrogen (secondary N) is 2. The topological polar surface area (TPSA) is 64.5 Å². The van der Waals surface area contributed by atoms with Crippen molar-refractivity contribution in [3.63, 3.8) is 0 Å². The van der Waals surface area contributed by atoms with Crippen LogP contribution in [0.4, 0.5) is 5.69 Å². The molecule has 0 saturated carbocycles. The van der Waals surface area contributed by atoms with Gasteiger partial charge in [0, 0.05) is 18.6 Å². The maximum Gasteiger partial charge on any atom is 0.138 e. The molecule has 0 aromatic heterocycles. The lowest BCUT2D eigenvalue weighted by atomic mass is 9.83. The summed E-state index contributed by atoms with van der Waals surface area (Å²) in [5.41, 5.74) is 2.66. The molecule has 0 saturated heterocycles. The summed E-state index contributed by atoms with van der Waals surface area (Å²) in [6.07, 6.45) is 1.18. The maximum atomic E-state index is 10.5. The number of phenols is 1. The minimum absolute atomic E-state index is 0.0219. The molecule has 4 nitrogen and oxygen atoms in total. The van der Waals surface area contributed by atoms with E-state index in [9.17, 15) is 10.2 Å². The molecule has 0 spiro atoms. The predicted molar refractivity (Wildman–Crippen MR) is 77.6 cm³/mol. The monoisotopic (exact) mass is 264 g/mol. The highest BCUT2D eigenvalue weighted by atomic mass is 16.3. The molecule has 0 heterocycles. The van der Waals surface area contributed by atoms with Gasteiger partial charge in [0.2, 0.25) is 0 Å². The SMILES string of the molecule is CNc1c(O)ccc2c1CC[C@H](NC(C)(C)C)[C@H]2O. The summed E-state index contributed by atoms with van der Waals surface area (Å²) in [6, 6.07) is 3.53. The van der Waals surface area contributed by atoms with E-state index in [-0.39, 0.29) is 17.3 Å². The lowest BCUT2D eigenvalue weighted by Gasteiger charge is -2.36. The van der Waals surface area contributed by atoms with Crippen LogP contribution in [0.3, 0.4) is 0 Å². The highest BCUT2D eigenvalue weighted by Gasteiger charge is 2.32. The van der Waals surface area contributed by atoms with Crippen LogP contribution >= 0.6 is 0 Å². The molecule has 0 amide bonds. The van der Waals surface area contributed by atoms with Crippen molar-refractivity contribution in [1.29, 1.82) is 0 Å². The molecule has 1 aliphatic carbocycles. The smallest absolute Gasteiger partial charge is 0.138 e. The van der Waals surface area contributed by atoms with E-state index in [0.29, 0.717) is 0 Å². The molecule has 0 fully saturated rings. The summed E-state index contributed by atoms with van der Waals surface area (Å²) in [5, 5.41) is 26.9. The molecule has 4 N–H and O–H groups in total. The number of hydrogen-bond acceptors (Lipinski definition) is 4. The Morgan fingerprint density at radius 1 is 1.26 bits per heavy atom. The van der Waals surface area contributed by atoms with Gasteiger partial charge in [-0.15, -0.1) is 0 Å². The molecule has 106 valence electrons. The van der Waals surface area contributed by atoms with Crippen LogP contribution in [0.25, 0.3) is 0 Å². The molecule has 0 radical (unpaired) electrons. The molecule has 4 heteroatoms. The van der Waals surface area contributed by atoms with Crippen LogP contribution in [0.15, 0.2) is 12.1 Å². The number of rotatable bonds is 2. The summed E-state index contributed by atoms with van der Waals surface area (Å²) >= 11 is 0. The lowest BCUT2D eigenvalue weighted by molar-refractivity contribution is 0.100. The summed E-state index contributed by atoms with van der Waals surface area (Å²) in [4.78, 5) is 0.